The molecule has 1 unspecified atom stereocenters. The van der Waals surface area contributed by atoms with Crippen LogP contribution in [0.5, 0.6) is 23.0 Å². The van der Waals surface area contributed by atoms with Gasteiger partial charge in [0.05, 0.1) is 17.0 Å². The number of hydrogen-bond donors (Lipinski definition) is 4. The number of Topliss-reactive ketones (excluding diaryl/α,β-unsaturated/α-hetero) is 1. The van der Waals surface area contributed by atoms with Crippen LogP contribution in [0.25, 0.3) is 16.5 Å². The molecule has 3 aromatic rings. The van der Waals surface area contributed by atoms with E-state index in [1.807, 2.05) is 19.0 Å². The van der Waals surface area contributed by atoms with E-state index < -0.39 is 40.0 Å². The van der Waals surface area contributed by atoms with Crippen LogP contribution in [0.2, 0.25) is 0 Å². The van der Waals surface area contributed by atoms with Gasteiger partial charge in [-0.1, -0.05) is 6.08 Å². The summed E-state index contributed by atoms with van der Waals surface area (Å²) < 4.78 is 11.0. The number of phenols is 4. The number of esters is 1. The number of phenolic OH excluding ortho intramolecular Hbond substituents is 4. The average molecular weight is 559 g/mol. The fraction of sp³-hybridized carbons (Fsp3) is 0.296. The van der Waals surface area contributed by atoms with Gasteiger partial charge < -0.3 is 34.5 Å². The van der Waals surface area contributed by atoms with Gasteiger partial charge in [0.25, 0.3) is 0 Å². The second-order valence-electron chi connectivity index (χ2n) is 9.62. The standard InChI is InChI=1S/C27H26N2O9.ClH/c1-28-5-6-29(2)14(10-28)11-38-27(36)23-22-21(9-20(32)26(23)35)37-12-17(25(22)34)15-4-3-13-7-18(30)19(31)8-16(13)24(15)33;/h4,7-9,12,14,30-32,35H,3,5-6,10-11H2,1-2H3;1H. The van der Waals surface area contributed by atoms with Crippen LogP contribution in [0.4, 0.5) is 0 Å². The Morgan fingerprint density at radius 3 is 2.49 bits per heavy atom. The van der Waals surface area contributed by atoms with E-state index >= 15 is 0 Å². The van der Waals surface area contributed by atoms with Gasteiger partial charge in [-0.15, -0.1) is 12.4 Å². The molecule has 0 spiro atoms. The van der Waals surface area contributed by atoms with Crippen LogP contribution in [0, 0.1) is 0 Å². The minimum Gasteiger partial charge on any atom is -0.504 e. The van der Waals surface area contributed by atoms with Crippen LogP contribution in [-0.2, 0) is 11.2 Å². The summed E-state index contributed by atoms with van der Waals surface area (Å²) in [6.07, 6.45) is 2.70. The van der Waals surface area contributed by atoms with Gasteiger partial charge in [-0.25, -0.2) is 4.79 Å². The minimum atomic E-state index is -1.02. The van der Waals surface area contributed by atoms with Gasteiger partial charge in [-0.2, -0.15) is 0 Å². The quantitative estimate of drug-likeness (QED) is 0.274. The number of aromatic hydroxyl groups is 4. The molecule has 2 aliphatic rings. The zero-order valence-electron chi connectivity index (χ0n) is 21.1. The highest BCUT2D eigenvalue weighted by Gasteiger charge is 2.30. The summed E-state index contributed by atoms with van der Waals surface area (Å²) in [6.45, 7) is 2.27. The number of piperazine rings is 1. The van der Waals surface area contributed by atoms with Crippen LogP contribution in [0.1, 0.15) is 31.8 Å². The van der Waals surface area contributed by atoms with E-state index in [1.54, 1.807) is 0 Å². The van der Waals surface area contributed by atoms with E-state index in [2.05, 4.69) is 4.90 Å². The first-order chi connectivity index (χ1) is 18.1. The second kappa shape index (κ2) is 10.6. The van der Waals surface area contributed by atoms with E-state index in [0.29, 0.717) is 12.1 Å². The van der Waals surface area contributed by atoms with Crippen molar-refractivity contribution in [1.29, 1.82) is 0 Å². The molecule has 1 aromatic heterocycles. The molecule has 206 valence electrons. The topological polar surface area (TPSA) is 161 Å². The molecule has 2 aromatic carbocycles. The van der Waals surface area contributed by atoms with Crippen LogP contribution in [0.15, 0.2) is 39.7 Å². The Balaban J connectivity index is 0.00000353. The Kier molecular flexibility index (Phi) is 7.60. The lowest BCUT2D eigenvalue weighted by Gasteiger charge is -2.37. The number of allylic oxidation sites excluding steroid dienone is 2. The predicted molar refractivity (Wildman–Crippen MR) is 143 cm³/mol. The number of halogens is 1. The van der Waals surface area contributed by atoms with E-state index in [1.165, 1.54) is 12.1 Å². The van der Waals surface area contributed by atoms with Crippen LogP contribution < -0.4 is 5.43 Å². The molecule has 1 fully saturated rings. The van der Waals surface area contributed by atoms with Crippen molar-refractivity contribution < 1.29 is 39.2 Å². The van der Waals surface area contributed by atoms with Gasteiger partial charge in [-0.05, 0) is 38.2 Å². The Labute approximate surface area is 228 Å². The fourth-order valence-electron chi connectivity index (χ4n) is 4.86. The number of ether oxygens (including phenoxy) is 1. The van der Waals surface area contributed by atoms with Crippen molar-refractivity contribution >= 4 is 40.7 Å². The Hall–Kier alpha value is -4.06. The summed E-state index contributed by atoms with van der Waals surface area (Å²) in [5.41, 5.74) is -1.16. The summed E-state index contributed by atoms with van der Waals surface area (Å²) in [6, 6.07) is 3.28. The summed E-state index contributed by atoms with van der Waals surface area (Å²) in [5, 5.41) is 40.1. The van der Waals surface area contributed by atoms with Crippen molar-refractivity contribution in [3.05, 3.63) is 63.0 Å². The lowest BCUT2D eigenvalue weighted by atomic mass is 9.86. The smallest absolute Gasteiger partial charge is 0.343 e. The van der Waals surface area contributed by atoms with E-state index in [9.17, 15) is 34.8 Å². The lowest BCUT2D eigenvalue weighted by molar-refractivity contribution is 0.0233. The number of benzene rings is 2. The molecule has 1 atom stereocenters. The number of fused-ring (bicyclic) bond motifs is 2. The molecule has 12 heteroatoms. The predicted octanol–water partition coefficient (Wildman–Crippen LogP) is 2.26. The van der Waals surface area contributed by atoms with Gasteiger partial charge in [0.15, 0.2) is 28.8 Å². The molecule has 1 saturated heterocycles. The van der Waals surface area contributed by atoms with Gasteiger partial charge in [0, 0.05) is 36.8 Å². The third kappa shape index (κ3) is 4.91. The van der Waals surface area contributed by atoms with Gasteiger partial charge in [0.1, 0.15) is 24.0 Å². The lowest BCUT2D eigenvalue weighted by Crippen LogP contribution is -2.52. The average Bonchev–Trinajstić information content (AvgIpc) is 2.88. The molecule has 0 amide bonds. The van der Waals surface area contributed by atoms with Gasteiger partial charge >= 0.3 is 5.97 Å². The van der Waals surface area contributed by atoms with Crippen molar-refractivity contribution in [1.82, 2.24) is 9.80 Å². The molecular weight excluding hydrogens is 532 g/mol. The highest BCUT2D eigenvalue weighted by molar-refractivity contribution is 6.30. The second-order valence-corrected chi connectivity index (χ2v) is 9.62. The van der Waals surface area contributed by atoms with Crippen molar-refractivity contribution in [3.63, 3.8) is 0 Å². The van der Waals surface area contributed by atoms with Crippen LogP contribution in [0.3, 0.4) is 0 Å². The summed E-state index contributed by atoms with van der Waals surface area (Å²) in [5.74, 6) is -3.98. The highest BCUT2D eigenvalue weighted by atomic mass is 35.5. The number of likely N-dealkylation sites (N-methyl/N-ethyl adjacent to an activating group) is 2. The summed E-state index contributed by atoms with van der Waals surface area (Å²) >= 11 is 0. The molecule has 1 aliphatic heterocycles. The molecule has 0 saturated carbocycles. The third-order valence-electron chi connectivity index (χ3n) is 7.12. The Morgan fingerprint density at radius 2 is 1.74 bits per heavy atom. The SMILES string of the molecule is CN1CCN(C)C(COC(=O)c2c(O)c(O)cc3occ(C4=CCc5cc(O)c(O)cc5C4=O)c(=O)c23)C1.Cl. The summed E-state index contributed by atoms with van der Waals surface area (Å²) in [7, 11) is 3.86. The van der Waals surface area contributed by atoms with Crippen LogP contribution >= 0.6 is 12.4 Å². The first-order valence-corrected chi connectivity index (χ1v) is 11.9. The Morgan fingerprint density at radius 1 is 1.03 bits per heavy atom. The minimum absolute atomic E-state index is 0. The van der Waals surface area contributed by atoms with Crippen molar-refractivity contribution in [2.45, 2.75) is 12.5 Å². The molecule has 4 N–H and O–H groups in total. The van der Waals surface area contributed by atoms with Crippen molar-refractivity contribution in [2.75, 3.05) is 40.3 Å². The Bertz CT molecular complexity index is 1580. The molecule has 39 heavy (non-hydrogen) atoms. The number of nitrogens with zero attached hydrogens (tertiary/aromatic N) is 2. The number of hydrogen-bond acceptors (Lipinski definition) is 11. The molecular formula is C27H27ClN2O9. The van der Waals surface area contributed by atoms with Crippen molar-refractivity contribution in [2.24, 2.45) is 0 Å². The largest absolute Gasteiger partial charge is 0.504 e. The van der Waals surface area contributed by atoms with Gasteiger partial charge in [0.2, 0.25) is 5.43 Å². The maximum absolute atomic E-state index is 13.6. The normalized spacial score (nSPS) is 17.8. The first kappa shape index (κ1) is 28.0. The molecule has 2 heterocycles. The molecule has 0 bridgehead atoms. The first-order valence-electron chi connectivity index (χ1n) is 11.9. The monoisotopic (exact) mass is 558 g/mol. The van der Waals surface area contributed by atoms with Crippen molar-refractivity contribution in [3.8, 4) is 23.0 Å². The molecule has 11 nitrogen and oxygen atoms in total. The van der Waals surface area contributed by atoms with E-state index in [-0.39, 0.29) is 64.9 Å². The number of ketones is 1. The molecule has 1 aliphatic carbocycles. The number of rotatable bonds is 4. The number of carbonyl (C=O) groups is 2. The maximum atomic E-state index is 13.6. The zero-order chi connectivity index (χ0) is 27.3. The third-order valence-corrected chi connectivity index (χ3v) is 7.12. The van der Waals surface area contributed by atoms with E-state index in [4.69, 9.17) is 9.15 Å². The number of carbonyl (C=O) groups excluding carboxylic acids is 2. The zero-order valence-corrected chi connectivity index (χ0v) is 21.9. The molecule has 0 radical (unpaired) electrons. The van der Waals surface area contributed by atoms with Crippen LogP contribution in [-0.4, -0.2) is 88.4 Å². The maximum Gasteiger partial charge on any atom is 0.343 e. The van der Waals surface area contributed by atoms with Gasteiger partial charge in [-0.3, -0.25) is 14.5 Å². The fourth-order valence-corrected chi connectivity index (χ4v) is 4.86. The highest BCUT2D eigenvalue weighted by Crippen LogP contribution is 2.37. The molecule has 5 rings (SSSR count). The summed E-state index contributed by atoms with van der Waals surface area (Å²) in [4.78, 5) is 44.1. The van der Waals surface area contributed by atoms with E-state index in [0.717, 1.165) is 31.5 Å².